The molecular formula is C9H6F4O. The zero-order valence-electron chi connectivity index (χ0n) is 7.20. The predicted molar refractivity (Wildman–Crippen MR) is 40.9 cm³/mol. The summed E-state index contributed by atoms with van der Waals surface area (Å²) in [5.74, 6) is -7.85. The van der Waals surface area contributed by atoms with E-state index in [1.165, 1.54) is 6.92 Å². The predicted octanol–water partition coefficient (Wildman–Crippen LogP) is 2.84. The first kappa shape index (κ1) is 10.7. The summed E-state index contributed by atoms with van der Waals surface area (Å²) in [6.45, 7) is 1.40. The lowest BCUT2D eigenvalue weighted by Gasteiger charge is -2.02. The Morgan fingerprint density at radius 1 is 1.14 bits per heavy atom. The molecule has 14 heavy (non-hydrogen) atoms. The molecular weight excluding hydrogens is 200 g/mol. The van der Waals surface area contributed by atoms with E-state index in [4.69, 9.17) is 0 Å². The number of ketones is 1. The second-order valence-electron chi connectivity index (χ2n) is 2.62. The first-order valence-corrected chi connectivity index (χ1v) is 3.85. The fourth-order valence-corrected chi connectivity index (χ4v) is 0.966. The molecule has 0 saturated carbocycles. The van der Waals surface area contributed by atoms with Crippen molar-refractivity contribution in [3.05, 3.63) is 34.9 Å². The number of carbonyl (C=O) groups is 1. The Bertz CT molecular complexity index is 387. The van der Waals surface area contributed by atoms with Crippen LogP contribution in [0, 0.1) is 23.3 Å². The minimum absolute atomic E-state index is 0.110. The lowest BCUT2D eigenvalue weighted by molar-refractivity contribution is 0.0982. The Kier molecular flexibility index (Phi) is 2.88. The number of Topliss-reactive ketones (excluding diaryl/α,β-unsaturated/α-hetero) is 1. The van der Waals surface area contributed by atoms with Gasteiger partial charge < -0.3 is 0 Å². The van der Waals surface area contributed by atoms with E-state index in [-0.39, 0.29) is 6.42 Å². The highest BCUT2D eigenvalue weighted by Crippen LogP contribution is 2.19. The summed E-state index contributed by atoms with van der Waals surface area (Å²) in [6.07, 6.45) is -0.110. The van der Waals surface area contributed by atoms with E-state index in [0.717, 1.165) is 0 Å². The Hall–Kier alpha value is -1.39. The third kappa shape index (κ3) is 1.62. The normalized spacial score (nSPS) is 10.4. The third-order valence-corrected chi connectivity index (χ3v) is 1.72. The summed E-state index contributed by atoms with van der Waals surface area (Å²) in [6, 6.07) is 0.361. The van der Waals surface area contributed by atoms with Crippen molar-refractivity contribution in [3.63, 3.8) is 0 Å². The molecule has 0 atom stereocenters. The summed E-state index contributed by atoms with van der Waals surface area (Å²) in [4.78, 5) is 11.0. The molecule has 0 saturated heterocycles. The van der Waals surface area contributed by atoms with Crippen LogP contribution in [0.4, 0.5) is 17.6 Å². The zero-order valence-corrected chi connectivity index (χ0v) is 7.20. The van der Waals surface area contributed by atoms with Crippen LogP contribution < -0.4 is 0 Å². The Morgan fingerprint density at radius 2 is 1.71 bits per heavy atom. The molecule has 0 spiro atoms. The zero-order chi connectivity index (χ0) is 10.9. The average Bonchev–Trinajstić information content (AvgIpc) is 2.19. The van der Waals surface area contributed by atoms with Crippen LogP contribution in [-0.4, -0.2) is 5.78 Å². The topological polar surface area (TPSA) is 17.1 Å². The quantitative estimate of drug-likeness (QED) is 0.314. The lowest BCUT2D eigenvalue weighted by atomic mass is 10.1. The van der Waals surface area contributed by atoms with Crippen LogP contribution in [0.1, 0.15) is 23.7 Å². The van der Waals surface area contributed by atoms with Crippen molar-refractivity contribution < 1.29 is 22.4 Å². The molecule has 0 N–H and O–H groups in total. The van der Waals surface area contributed by atoms with E-state index >= 15 is 0 Å². The number of carbonyl (C=O) groups excluding carboxylic acids is 1. The smallest absolute Gasteiger partial charge is 0.198 e. The van der Waals surface area contributed by atoms with E-state index < -0.39 is 34.6 Å². The van der Waals surface area contributed by atoms with Crippen molar-refractivity contribution >= 4 is 5.78 Å². The van der Waals surface area contributed by atoms with E-state index in [1.54, 1.807) is 0 Å². The lowest BCUT2D eigenvalue weighted by Crippen LogP contribution is -2.06. The van der Waals surface area contributed by atoms with E-state index in [9.17, 15) is 22.4 Å². The van der Waals surface area contributed by atoms with Gasteiger partial charge in [0.2, 0.25) is 0 Å². The highest BCUT2D eigenvalue weighted by molar-refractivity contribution is 5.96. The first-order valence-electron chi connectivity index (χ1n) is 3.85. The van der Waals surface area contributed by atoms with E-state index in [0.29, 0.717) is 6.07 Å². The maximum Gasteiger partial charge on any atom is 0.198 e. The van der Waals surface area contributed by atoms with Crippen molar-refractivity contribution in [2.45, 2.75) is 13.3 Å². The Labute approximate surface area is 77.3 Å². The molecule has 1 aromatic rings. The molecule has 0 aliphatic carbocycles. The highest BCUT2D eigenvalue weighted by atomic mass is 19.2. The van der Waals surface area contributed by atoms with Gasteiger partial charge in [0.15, 0.2) is 29.1 Å². The van der Waals surface area contributed by atoms with Crippen molar-refractivity contribution in [1.82, 2.24) is 0 Å². The van der Waals surface area contributed by atoms with Gasteiger partial charge in [-0.2, -0.15) is 0 Å². The molecule has 0 heterocycles. The first-order chi connectivity index (χ1) is 6.49. The second kappa shape index (κ2) is 3.77. The molecule has 0 aliphatic rings. The van der Waals surface area contributed by atoms with Crippen LogP contribution in [-0.2, 0) is 0 Å². The molecule has 0 radical (unpaired) electrons. The van der Waals surface area contributed by atoms with Crippen LogP contribution in [0.2, 0.25) is 0 Å². The number of rotatable bonds is 2. The summed E-state index contributed by atoms with van der Waals surface area (Å²) in [5.41, 5.74) is -0.760. The molecule has 5 heteroatoms. The number of hydrogen-bond donors (Lipinski definition) is 0. The Morgan fingerprint density at radius 3 is 2.21 bits per heavy atom. The standard InChI is InChI=1S/C9H6F4O/c1-2-6(14)4-3-5(10)8(12)9(13)7(4)11/h3H,2H2,1H3. The fourth-order valence-electron chi connectivity index (χ4n) is 0.966. The van der Waals surface area contributed by atoms with Crippen LogP contribution in [0.3, 0.4) is 0 Å². The average molecular weight is 206 g/mol. The van der Waals surface area contributed by atoms with Crippen LogP contribution in [0.15, 0.2) is 6.07 Å². The Balaban J connectivity index is 3.40. The van der Waals surface area contributed by atoms with Crippen molar-refractivity contribution in [1.29, 1.82) is 0 Å². The molecule has 76 valence electrons. The summed E-state index contributed by atoms with van der Waals surface area (Å²) in [5, 5.41) is 0. The molecule has 0 aliphatic heterocycles. The van der Waals surface area contributed by atoms with Crippen LogP contribution >= 0.6 is 0 Å². The van der Waals surface area contributed by atoms with Gasteiger partial charge in [0.1, 0.15) is 0 Å². The minimum Gasteiger partial charge on any atom is -0.294 e. The third-order valence-electron chi connectivity index (χ3n) is 1.72. The van der Waals surface area contributed by atoms with Gasteiger partial charge in [0.25, 0.3) is 0 Å². The summed E-state index contributed by atoms with van der Waals surface area (Å²) in [7, 11) is 0. The largest absolute Gasteiger partial charge is 0.294 e. The van der Waals surface area contributed by atoms with Gasteiger partial charge in [-0.05, 0) is 6.07 Å². The number of halogens is 4. The summed E-state index contributed by atoms with van der Waals surface area (Å²) < 4.78 is 50.5. The van der Waals surface area contributed by atoms with E-state index in [2.05, 4.69) is 0 Å². The van der Waals surface area contributed by atoms with Gasteiger partial charge in [-0.15, -0.1) is 0 Å². The van der Waals surface area contributed by atoms with Crippen LogP contribution in [0.25, 0.3) is 0 Å². The highest BCUT2D eigenvalue weighted by Gasteiger charge is 2.21. The van der Waals surface area contributed by atoms with Crippen molar-refractivity contribution in [2.24, 2.45) is 0 Å². The van der Waals surface area contributed by atoms with Crippen molar-refractivity contribution in [2.75, 3.05) is 0 Å². The maximum absolute atomic E-state index is 12.9. The molecule has 0 amide bonds. The maximum atomic E-state index is 12.9. The molecule has 1 nitrogen and oxygen atoms in total. The minimum atomic E-state index is -1.96. The molecule has 1 rings (SSSR count). The van der Waals surface area contributed by atoms with Gasteiger partial charge >= 0.3 is 0 Å². The summed E-state index contributed by atoms with van der Waals surface area (Å²) >= 11 is 0. The van der Waals surface area contributed by atoms with Gasteiger partial charge in [-0.1, -0.05) is 6.92 Å². The van der Waals surface area contributed by atoms with Gasteiger partial charge in [-0.25, -0.2) is 17.6 Å². The van der Waals surface area contributed by atoms with Gasteiger partial charge in [-0.3, -0.25) is 4.79 Å². The van der Waals surface area contributed by atoms with Gasteiger partial charge in [0, 0.05) is 6.42 Å². The van der Waals surface area contributed by atoms with Crippen LogP contribution in [0.5, 0.6) is 0 Å². The molecule has 0 bridgehead atoms. The monoisotopic (exact) mass is 206 g/mol. The second-order valence-corrected chi connectivity index (χ2v) is 2.62. The number of benzene rings is 1. The molecule has 1 aromatic carbocycles. The fraction of sp³-hybridized carbons (Fsp3) is 0.222. The molecule has 0 aromatic heterocycles. The van der Waals surface area contributed by atoms with Crippen molar-refractivity contribution in [3.8, 4) is 0 Å². The molecule has 0 unspecified atom stereocenters. The SMILES string of the molecule is CCC(=O)c1cc(F)c(F)c(F)c1F. The number of hydrogen-bond acceptors (Lipinski definition) is 1. The molecule has 0 fully saturated rings. The van der Waals surface area contributed by atoms with E-state index in [1.807, 2.05) is 0 Å². The van der Waals surface area contributed by atoms with Gasteiger partial charge in [0.05, 0.1) is 5.56 Å².